The van der Waals surface area contributed by atoms with Crippen LogP contribution < -0.4 is 16.1 Å². The predicted molar refractivity (Wildman–Crippen MR) is 102 cm³/mol. The van der Waals surface area contributed by atoms with Crippen molar-refractivity contribution in [3.05, 3.63) is 29.3 Å². The zero-order chi connectivity index (χ0) is 18.2. The zero-order valence-electron chi connectivity index (χ0n) is 13.9. The average Bonchev–Trinajstić information content (AvgIpc) is 2.58. The van der Waals surface area contributed by atoms with E-state index in [2.05, 4.69) is 39.4 Å². The van der Waals surface area contributed by atoms with Crippen molar-refractivity contribution < 1.29 is 8.78 Å². The van der Waals surface area contributed by atoms with Gasteiger partial charge in [0.25, 0.3) is 0 Å². The molecule has 1 aromatic carbocycles. The summed E-state index contributed by atoms with van der Waals surface area (Å²) in [6.45, 7) is 8.05. The van der Waals surface area contributed by atoms with Crippen LogP contribution in [0.25, 0.3) is 0 Å². The maximum atomic E-state index is 14.4. The standard InChI is InChI=1S/C16H22F2N6S/c1-20-3-2-4-23-5-7-24(8-6-23)15-10-13(17)12(9-14(15)18)11-21-22-16(19)25/h9-11H,1-8H2,(H3,19,22,25)/b21-11+. The number of hydrogen-bond donors (Lipinski definition) is 2. The second-order valence-electron chi connectivity index (χ2n) is 5.69. The van der Waals surface area contributed by atoms with Gasteiger partial charge in [0.15, 0.2) is 5.11 Å². The van der Waals surface area contributed by atoms with E-state index in [1.807, 2.05) is 4.90 Å². The third-order valence-electron chi connectivity index (χ3n) is 3.95. The van der Waals surface area contributed by atoms with Gasteiger partial charge in [-0.3, -0.25) is 10.3 Å². The first-order valence-electron chi connectivity index (χ1n) is 7.98. The summed E-state index contributed by atoms with van der Waals surface area (Å²) < 4.78 is 28.6. The monoisotopic (exact) mass is 368 g/mol. The molecular weight excluding hydrogens is 346 g/mol. The zero-order valence-corrected chi connectivity index (χ0v) is 14.7. The third-order valence-corrected chi connectivity index (χ3v) is 4.04. The number of hydrogen-bond acceptors (Lipinski definition) is 5. The number of piperazine rings is 1. The molecule has 0 spiro atoms. The van der Waals surface area contributed by atoms with Gasteiger partial charge in [-0.05, 0) is 31.4 Å². The molecule has 6 nitrogen and oxygen atoms in total. The lowest BCUT2D eigenvalue weighted by atomic mass is 10.1. The number of nitrogens with zero attached hydrogens (tertiary/aromatic N) is 4. The van der Waals surface area contributed by atoms with Crippen molar-refractivity contribution in [3.8, 4) is 0 Å². The topological polar surface area (TPSA) is 69.2 Å². The predicted octanol–water partition coefficient (Wildman–Crippen LogP) is 1.34. The summed E-state index contributed by atoms with van der Waals surface area (Å²) in [6, 6.07) is 2.33. The Morgan fingerprint density at radius 3 is 2.64 bits per heavy atom. The number of anilines is 1. The van der Waals surface area contributed by atoms with E-state index in [0.717, 1.165) is 44.9 Å². The molecule has 0 aliphatic carbocycles. The molecule has 0 saturated carbocycles. The van der Waals surface area contributed by atoms with Crippen LogP contribution in [0.1, 0.15) is 12.0 Å². The van der Waals surface area contributed by atoms with Gasteiger partial charge in [0.05, 0.1) is 11.9 Å². The van der Waals surface area contributed by atoms with E-state index in [9.17, 15) is 8.78 Å². The minimum absolute atomic E-state index is 0.0283. The quantitative estimate of drug-likeness (QED) is 0.329. The van der Waals surface area contributed by atoms with Gasteiger partial charge in [-0.25, -0.2) is 8.78 Å². The number of halogens is 2. The van der Waals surface area contributed by atoms with E-state index in [1.165, 1.54) is 6.07 Å². The summed E-state index contributed by atoms with van der Waals surface area (Å²) in [7, 11) is 0. The lowest BCUT2D eigenvalue weighted by Gasteiger charge is -2.36. The second kappa shape index (κ2) is 9.38. The van der Waals surface area contributed by atoms with Crippen molar-refractivity contribution in [2.45, 2.75) is 6.42 Å². The third kappa shape index (κ3) is 5.71. The van der Waals surface area contributed by atoms with Crippen molar-refractivity contribution in [2.75, 3.05) is 44.2 Å². The molecule has 136 valence electrons. The van der Waals surface area contributed by atoms with Gasteiger partial charge in [0.2, 0.25) is 0 Å². The molecule has 1 saturated heterocycles. The molecule has 1 aliphatic heterocycles. The Hall–Kier alpha value is -2.13. The normalized spacial score (nSPS) is 15.5. The minimum Gasteiger partial charge on any atom is -0.375 e. The highest BCUT2D eigenvalue weighted by atomic mass is 32.1. The van der Waals surface area contributed by atoms with Crippen LogP contribution in [0.2, 0.25) is 0 Å². The Kier molecular flexibility index (Phi) is 7.20. The van der Waals surface area contributed by atoms with E-state index >= 15 is 0 Å². The number of rotatable bonds is 7. The first kappa shape index (κ1) is 19.2. The first-order chi connectivity index (χ1) is 12.0. The molecule has 0 aromatic heterocycles. The SMILES string of the molecule is C=NCCCN1CCN(c2cc(F)c(/C=N/NC(N)=S)cc2F)CC1. The van der Waals surface area contributed by atoms with Crippen LogP contribution in [-0.2, 0) is 0 Å². The van der Waals surface area contributed by atoms with Crippen LogP contribution >= 0.6 is 12.2 Å². The molecule has 1 aliphatic rings. The highest BCUT2D eigenvalue weighted by Gasteiger charge is 2.20. The summed E-state index contributed by atoms with van der Waals surface area (Å²) in [5.41, 5.74) is 7.82. The second-order valence-corrected chi connectivity index (χ2v) is 6.13. The molecule has 25 heavy (non-hydrogen) atoms. The van der Waals surface area contributed by atoms with Crippen molar-refractivity contribution in [1.82, 2.24) is 10.3 Å². The molecule has 9 heteroatoms. The van der Waals surface area contributed by atoms with E-state index < -0.39 is 11.6 Å². The number of benzene rings is 1. The van der Waals surface area contributed by atoms with Crippen molar-refractivity contribution in [3.63, 3.8) is 0 Å². The Morgan fingerprint density at radius 1 is 1.28 bits per heavy atom. The molecule has 1 aromatic rings. The molecule has 0 radical (unpaired) electrons. The summed E-state index contributed by atoms with van der Waals surface area (Å²) >= 11 is 4.58. The molecule has 1 heterocycles. The number of hydrazone groups is 1. The Morgan fingerprint density at radius 2 is 2.00 bits per heavy atom. The highest BCUT2D eigenvalue weighted by Crippen LogP contribution is 2.24. The Bertz CT molecular complexity index is 644. The number of aliphatic imine (C=N–C) groups is 1. The fourth-order valence-corrected chi connectivity index (χ4v) is 2.73. The molecule has 0 unspecified atom stereocenters. The van der Waals surface area contributed by atoms with E-state index in [0.29, 0.717) is 13.1 Å². The fourth-order valence-electron chi connectivity index (χ4n) is 2.68. The molecule has 1 fully saturated rings. The lowest BCUT2D eigenvalue weighted by molar-refractivity contribution is 0.256. The molecular formula is C16H22F2N6S. The first-order valence-corrected chi connectivity index (χ1v) is 8.39. The molecule has 0 bridgehead atoms. The number of thiocarbonyl (C=S) groups is 1. The van der Waals surface area contributed by atoms with Crippen LogP contribution in [0, 0.1) is 11.6 Å². The number of nitrogens with two attached hydrogens (primary N) is 1. The fraction of sp³-hybridized carbons (Fsp3) is 0.438. The summed E-state index contributed by atoms with van der Waals surface area (Å²) in [5, 5.41) is 3.60. The van der Waals surface area contributed by atoms with Crippen LogP contribution in [-0.4, -0.2) is 62.2 Å². The van der Waals surface area contributed by atoms with E-state index in [-0.39, 0.29) is 16.4 Å². The van der Waals surface area contributed by atoms with Crippen molar-refractivity contribution >= 4 is 35.9 Å². The Labute approximate surface area is 151 Å². The molecule has 2 rings (SSSR count). The van der Waals surface area contributed by atoms with Gasteiger partial charge < -0.3 is 15.6 Å². The lowest BCUT2D eigenvalue weighted by Crippen LogP contribution is -2.47. The van der Waals surface area contributed by atoms with E-state index in [4.69, 9.17) is 5.73 Å². The Balaban J connectivity index is 1.99. The molecule has 0 atom stereocenters. The summed E-state index contributed by atoms with van der Waals surface area (Å²) in [5.74, 6) is -1.04. The van der Waals surface area contributed by atoms with Crippen LogP contribution in [0.5, 0.6) is 0 Å². The minimum atomic E-state index is -0.552. The van der Waals surface area contributed by atoms with Gasteiger partial charge in [-0.15, -0.1) is 0 Å². The smallest absolute Gasteiger partial charge is 0.184 e. The molecule has 0 amide bonds. The van der Waals surface area contributed by atoms with Gasteiger partial charge in [-0.1, -0.05) is 0 Å². The van der Waals surface area contributed by atoms with Gasteiger partial charge in [-0.2, -0.15) is 5.10 Å². The molecule has 3 N–H and O–H groups in total. The largest absolute Gasteiger partial charge is 0.375 e. The van der Waals surface area contributed by atoms with Crippen LogP contribution in [0.15, 0.2) is 22.2 Å². The van der Waals surface area contributed by atoms with E-state index in [1.54, 1.807) is 0 Å². The maximum Gasteiger partial charge on any atom is 0.184 e. The van der Waals surface area contributed by atoms with Gasteiger partial charge in [0.1, 0.15) is 11.6 Å². The maximum absolute atomic E-state index is 14.4. The van der Waals surface area contributed by atoms with Crippen molar-refractivity contribution in [2.24, 2.45) is 15.8 Å². The highest BCUT2D eigenvalue weighted by molar-refractivity contribution is 7.80. The van der Waals surface area contributed by atoms with Crippen LogP contribution in [0.4, 0.5) is 14.5 Å². The summed E-state index contributed by atoms with van der Waals surface area (Å²) in [6.07, 6.45) is 2.10. The summed E-state index contributed by atoms with van der Waals surface area (Å²) in [4.78, 5) is 7.98. The van der Waals surface area contributed by atoms with Gasteiger partial charge in [0, 0.05) is 50.9 Å². The van der Waals surface area contributed by atoms with Crippen molar-refractivity contribution in [1.29, 1.82) is 0 Å². The average molecular weight is 368 g/mol. The van der Waals surface area contributed by atoms with Gasteiger partial charge >= 0.3 is 0 Å². The number of nitrogens with one attached hydrogen (secondary N) is 1. The van der Waals surface area contributed by atoms with Crippen LogP contribution in [0.3, 0.4) is 0 Å².